The molecular weight excluding hydrogens is 442 g/mol. The first-order valence-corrected chi connectivity index (χ1v) is 12.4. The first-order valence-electron chi connectivity index (χ1n) is 11.6. The average Bonchev–Trinajstić information content (AvgIpc) is 3.25. The third-order valence-electron chi connectivity index (χ3n) is 6.72. The van der Waals surface area contributed by atoms with Crippen LogP contribution in [0.25, 0.3) is 21.0 Å². The molecule has 5 nitrogen and oxygen atoms in total. The van der Waals surface area contributed by atoms with Gasteiger partial charge in [0, 0.05) is 23.0 Å². The van der Waals surface area contributed by atoms with E-state index < -0.39 is 0 Å². The molecule has 0 saturated carbocycles. The monoisotopic (exact) mass is 467 g/mol. The Kier molecular flexibility index (Phi) is 5.30. The molecule has 2 aromatic heterocycles. The number of fused-ring (bicyclic) bond motifs is 4. The summed E-state index contributed by atoms with van der Waals surface area (Å²) in [6, 6.07) is 22.9. The molecule has 6 heteroatoms. The van der Waals surface area contributed by atoms with E-state index in [-0.39, 0.29) is 5.56 Å². The van der Waals surface area contributed by atoms with Gasteiger partial charge in [0.1, 0.15) is 10.6 Å². The van der Waals surface area contributed by atoms with Gasteiger partial charge in [-0.1, -0.05) is 42.5 Å². The summed E-state index contributed by atoms with van der Waals surface area (Å²) in [6.07, 6.45) is 4.49. The van der Waals surface area contributed by atoms with Crippen LogP contribution in [0.3, 0.4) is 0 Å². The van der Waals surface area contributed by atoms with E-state index in [1.165, 1.54) is 21.2 Å². The third-order valence-corrected chi connectivity index (χ3v) is 7.88. The minimum absolute atomic E-state index is 0.0667. The molecule has 0 radical (unpaired) electrons. The number of methoxy groups -OCH3 is 1. The van der Waals surface area contributed by atoms with E-state index in [0.29, 0.717) is 12.6 Å². The predicted molar refractivity (Wildman–Crippen MR) is 139 cm³/mol. The lowest BCUT2D eigenvalue weighted by atomic mass is 9.93. The fourth-order valence-corrected chi connectivity index (χ4v) is 6.23. The molecule has 5 aromatic rings. The van der Waals surface area contributed by atoms with E-state index in [0.717, 1.165) is 46.5 Å². The molecule has 2 heterocycles. The minimum Gasteiger partial charge on any atom is -0.497 e. The zero-order chi connectivity index (χ0) is 23.1. The maximum absolute atomic E-state index is 13.5. The van der Waals surface area contributed by atoms with Crippen LogP contribution in [-0.4, -0.2) is 22.7 Å². The van der Waals surface area contributed by atoms with E-state index in [4.69, 9.17) is 9.72 Å². The number of anilines is 1. The van der Waals surface area contributed by atoms with Crippen molar-refractivity contribution >= 4 is 38.0 Å². The summed E-state index contributed by atoms with van der Waals surface area (Å²) in [5.74, 6) is 0.854. The van der Waals surface area contributed by atoms with Gasteiger partial charge in [0.2, 0.25) is 0 Å². The highest BCUT2D eigenvalue weighted by Gasteiger charge is 2.25. The number of ether oxygens (including phenoxy) is 1. The van der Waals surface area contributed by atoms with Crippen LogP contribution in [0.2, 0.25) is 0 Å². The number of hydrogen-bond donors (Lipinski definition) is 1. The molecule has 0 fully saturated rings. The summed E-state index contributed by atoms with van der Waals surface area (Å²) in [4.78, 5) is 20.4. The number of aromatic nitrogens is 2. The van der Waals surface area contributed by atoms with Gasteiger partial charge in [0.25, 0.3) is 5.56 Å². The highest BCUT2D eigenvalue weighted by molar-refractivity contribution is 7.18. The van der Waals surface area contributed by atoms with Crippen LogP contribution in [0.15, 0.2) is 77.9 Å². The van der Waals surface area contributed by atoms with Crippen molar-refractivity contribution in [2.75, 3.05) is 12.4 Å². The third kappa shape index (κ3) is 3.74. The Bertz CT molecular complexity index is 1550. The van der Waals surface area contributed by atoms with Crippen LogP contribution in [0.4, 0.5) is 5.69 Å². The second-order valence-electron chi connectivity index (χ2n) is 8.81. The van der Waals surface area contributed by atoms with Gasteiger partial charge in [0.15, 0.2) is 0 Å². The largest absolute Gasteiger partial charge is 0.497 e. The Morgan fingerprint density at radius 3 is 2.76 bits per heavy atom. The van der Waals surface area contributed by atoms with Gasteiger partial charge in [-0.25, -0.2) is 4.98 Å². The molecule has 0 aliphatic heterocycles. The fraction of sp³-hybridized carbons (Fsp3) is 0.214. The molecule has 34 heavy (non-hydrogen) atoms. The van der Waals surface area contributed by atoms with Gasteiger partial charge in [-0.3, -0.25) is 9.36 Å². The van der Waals surface area contributed by atoms with Crippen molar-refractivity contribution in [3.8, 4) is 5.75 Å². The Morgan fingerprint density at radius 2 is 1.91 bits per heavy atom. The van der Waals surface area contributed by atoms with Crippen molar-refractivity contribution in [2.45, 2.75) is 31.8 Å². The molecule has 3 aromatic carbocycles. The SMILES string of the molecule is COc1ccc(NC2CCc3c(sc4ncn(Cc5cccc6ccccc56)c(=O)c34)C2)cc1. The molecule has 1 aliphatic carbocycles. The number of benzene rings is 3. The lowest BCUT2D eigenvalue weighted by Crippen LogP contribution is -2.27. The predicted octanol–water partition coefficient (Wildman–Crippen LogP) is 5.64. The topological polar surface area (TPSA) is 56.1 Å². The van der Waals surface area contributed by atoms with Crippen LogP contribution in [0.1, 0.15) is 22.4 Å². The van der Waals surface area contributed by atoms with Crippen molar-refractivity contribution in [1.29, 1.82) is 0 Å². The highest BCUT2D eigenvalue weighted by atomic mass is 32.1. The molecule has 170 valence electrons. The second kappa shape index (κ2) is 8.61. The highest BCUT2D eigenvalue weighted by Crippen LogP contribution is 2.34. The quantitative estimate of drug-likeness (QED) is 0.364. The molecule has 1 atom stereocenters. The van der Waals surface area contributed by atoms with Gasteiger partial charge >= 0.3 is 0 Å². The van der Waals surface area contributed by atoms with E-state index >= 15 is 0 Å². The van der Waals surface area contributed by atoms with Crippen molar-refractivity contribution < 1.29 is 4.74 Å². The van der Waals surface area contributed by atoms with Gasteiger partial charge < -0.3 is 10.1 Å². The number of nitrogens with zero attached hydrogens (tertiary/aromatic N) is 2. The maximum atomic E-state index is 13.5. The van der Waals surface area contributed by atoms with Crippen LogP contribution < -0.4 is 15.6 Å². The van der Waals surface area contributed by atoms with Crippen molar-refractivity contribution in [3.63, 3.8) is 0 Å². The number of nitrogens with one attached hydrogen (secondary N) is 1. The first-order chi connectivity index (χ1) is 16.7. The van der Waals surface area contributed by atoms with E-state index in [2.05, 4.69) is 35.6 Å². The zero-order valence-corrected chi connectivity index (χ0v) is 19.8. The molecule has 1 aliphatic rings. The van der Waals surface area contributed by atoms with E-state index in [1.54, 1.807) is 29.3 Å². The van der Waals surface area contributed by atoms with Crippen molar-refractivity contribution in [3.05, 3.63) is 99.4 Å². The Hall–Kier alpha value is -3.64. The first kappa shape index (κ1) is 20.9. The number of thiophene rings is 1. The van der Waals surface area contributed by atoms with Gasteiger partial charge in [-0.2, -0.15) is 0 Å². The molecule has 0 amide bonds. The zero-order valence-electron chi connectivity index (χ0n) is 19.0. The molecule has 1 N–H and O–H groups in total. The van der Waals surface area contributed by atoms with E-state index in [9.17, 15) is 4.79 Å². The molecule has 1 unspecified atom stereocenters. The summed E-state index contributed by atoms with van der Waals surface area (Å²) in [5, 5.41) is 6.81. The van der Waals surface area contributed by atoms with Gasteiger partial charge in [-0.15, -0.1) is 11.3 Å². The number of aryl methyl sites for hydroxylation is 1. The smallest absolute Gasteiger partial charge is 0.262 e. The summed E-state index contributed by atoms with van der Waals surface area (Å²) < 4.78 is 7.02. The van der Waals surface area contributed by atoms with Gasteiger partial charge in [0.05, 0.1) is 25.4 Å². The maximum Gasteiger partial charge on any atom is 0.262 e. The van der Waals surface area contributed by atoms with Crippen molar-refractivity contribution in [2.24, 2.45) is 0 Å². The number of hydrogen-bond acceptors (Lipinski definition) is 5. The summed E-state index contributed by atoms with van der Waals surface area (Å²) >= 11 is 1.67. The van der Waals surface area contributed by atoms with Crippen molar-refractivity contribution in [1.82, 2.24) is 9.55 Å². The Morgan fingerprint density at radius 1 is 1.09 bits per heavy atom. The Labute approximate surface area is 201 Å². The van der Waals surface area contributed by atoms with Crippen LogP contribution in [-0.2, 0) is 19.4 Å². The van der Waals surface area contributed by atoms with Crippen LogP contribution in [0, 0.1) is 0 Å². The molecule has 0 saturated heterocycles. The second-order valence-corrected chi connectivity index (χ2v) is 9.90. The van der Waals surface area contributed by atoms with E-state index in [1.807, 2.05) is 36.4 Å². The Balaban J connectivity index is 1.29. The molecule has 0 spiro atoms. The normalized spacial score (nSPS) is 15.4. The standard InChI is InChI=1S/C28H25N3O2S/c1-33-22-12-9-20(10-13-22)30-21-11-14-24-25(15-21)34-27-26(24)28(32)31(17-29-27)16-19-7-4-6-18-5-2-3-8-23(18)19/h2-10,12-13,17,21,30H,11,14-16H2,1H3. The molecule has 6 rings (SSSR count). The lowest BCUT2D eigenvalue weighted by Gasteiger charge is -2.24. The summed E-state index contributed by atoms with van der Waals surface area (Å²) in [5.41, 5.74) is 3.48. The molecule has 0 bridgehead atoms. The van der Waals surface area contributed by atoms with Crippen LogP contribution in [0.5, 0.6) is 5.75 Å². The fourth-order valence-electron chi connectivity index (χ4n) is 4.97. The minimum atomic E-state index is 0.0667. The summed E-state index contributed by atoms with van der Waals surface area (Å²) in [6.45, 7) is 0.523. The summed E-state index contributed by atoms with van der Waals surface area (Å²) in [7, 11) is 1.68. The van der Waals surface area contributed by atoms with Gasteiger partial charge in [-0.05, 0) is 59.0 Å². The van der Waals surface area contributed by atoms with Crippen LogP contribution >= 0.6 is 11.3 Å². The lowest BCUT2D eigenvalue weighted by molar-refractivity contribution is 0.415. The average molecular weight is 468 g/mol. The number of rotatable bonds is 5. The molecular formula is C28H25N3O2S.